The number of nitrogens with one attached hydrogen (secondary N) is 1. The Hall–Kier alpha value is -1.58. The van der Waals surface area contributed by atoms with E-state index in [1.54, 1.807) is 0 Å². The fraction of sp³-hybridized carbons (Fsp3) is 0.538. The van der Waals surface area contributed by atoms with Crippen LogP contribution < -0.4 is 11.1 Å². The van der Waals surface area contributed by atoms with E-state index in [0.29, 0.717) is 18.1 Å². The molecule has 3 N–H and O–H groups in total. The van der Waals surface area contributed by atoms with E-state index >= 15 is 0 Å². The number of carbonyl (C=O) groups excluding carboxylic acids is 1. The van der Waals surface area contributed by atoms with Crippen molar-refractivity contribution in [1.82, 2.24) is 4.98 Å². The third kappa shape index (κ3) is 1.59. The number of fused-ring (bicyclic) bond motifs is 3. The highest BCUT2D eigenvalue weighted by Gasteiger charge is 2.29. The Balaban J connectivity index is 2.21. The lowest BCUT2D eigenvalue weighted by molar-refractivity contribution is -0.116. The van der Waals surface area contributed by atoms with E-state index in [4.69, 9.17) is 5.73 Å². The molecule has 0 saturated carbocycles. The summed E-state index contributed by atoms with van der Waals surface area (Å²) in [4.78, 5) is 15.9. The molecule has 1 aliphatic heterocycles. The minimum Gasteiger partial charge on any atom is -0.383 e. The van der Waals surface area contributed by atoms with Crippen LogP contribution in [0.5, 0.6) is 0 Å². The van der Waals surface area contributed by atoms with Gasteiger partial charge in [0.2, 0.25) is 5.91 Å². The molecule has 4 nitrogen and oxygen atoms in total. The van der Waals surface area contributed by atoms with Crippen molar-refractivity contribution in [3.8, 4) is 0 Å². The summed E-state index contributed by atoms with van der Waals surface area (Å²) in [6.45, 7) is 2.10. The first-order valence-corrected chi connectivity index (χ1v) is 6.27. The molecule has 4 heteroatoms. The molecule has 0 bridgehead atoms. The highest BCUT2D eigenvalue weighted by atomic mass is 16.1. The van der Waals surface area contributed by atoms with Crippen molar-refractivity contribution < 1.29 is 4.79 Å². The number of hydrogen-bond donors (Lipinski definition) is 2. The van der Waals surface area contributed by atoms with Crippen molar-refractivity contribution in [3.63, 3.8) is 0 Å². The zero-order valence-electron chi connectivity index (χ0n) is 10.0. The van der Waals surface area contributed by atoms with Crippen LogP contribution in [0, 0.1) is 0 Å². The second kappa shape index (κ2) is 3.72. The van der Waals surface area contributed by atoms with Gasteiger partial charge in [0, 0.05) is 12.0 Å². The fourth-order valence-electron chi connectivity index (χ4n) is 3.07. The highest BCUT2D eigenvalue weighted by Crippen LogP contribution is 2.39. The van der Waals surface area contributed by atoms with Crippen LogP contribution in [0.3, 0.4) is 0 Å². The van der Waals surface area contributed by atoms with Gasteiger partial charge in [-0.3, -0.25) is 4.79 Å². The smallest absolute Gasteiger partial charge is 0.226 e. The van der Waals surface area contributed by atoms with Crippen molar-refractivity contribution in [2.24, 2.45) is 0 Å². The molecule has 17 heavy (non-hydrogen) atoms. The zero-order valence-corrected chi connectivity index (χ0v) is 10.0. The van der Waals surface area contributed by atoms with Crippen molar-refractivity contribution >= 4 is 17.5 Å². The second-order valence-electron chi connectivity index (χ2n) is 5.08. The SMILES string of the molecule is CC1CC(=O)Nc2nc(N)c3c(c21)CCCC3. The summed E-state index contributed by atoms with van der Waals surface area (Å²) < 4.78 is 0. The van der Waals surface area contributed by atoms with Crippen LogP contribution in [0.25, 0.3) is 0 Å². The molecular formula is C13H17N3O. The third-order valence-corrected chi connectivity index (χ3v) is 3.83. The predicted molar refractivity (Wildman–Crippen MR) is 67.0 cm³/mol. The molecule has 0 saturated heterocycles. The monoisotopic (exact) mass is 231 g/mol. The molecule has 90 valence electrons. The third-order valence-electron chi connectivity index (χ3n) is 3.83. The molecule has 1 aromatic heterocycles. The summed E-state index contributed by atoms with van der Waals surface area (Å²) >= 11 is 0. The van der Waals surface area contributed by atoms with Gasteiger partial charge in [-0.2, -0.15) is 0 Å². The maximum Gasteiger partial charge on any atom is 0.226 e. The van der Waals surface area contributed by atoms with Crippen LogP contribution in [0.15, 0.2) is 0 Å². The lowest BCUT2D eigenvalue weighted by atomic mass is 9.82. The quantitative estimate of drug-likeness (QED) is 0.717. The number of nitrogens with zero attached hydrogens (tertiary/aromatic N) is 1. The summed E-state index contributed by atoms with van der Waals surface area (Å²) in [6, 6.07) is 0. The molecular weight excluding hydrogens is 214 g/mol. The van der Waals surface area contributed by atoms with E-state index in [2.05, 4.69) is 17.2 Å². The molecule has 2 aliphatic rings. The summed E-state index contributed by atoms with van der Waals surface area (Å²) in [5.74, 6) is 1.62. The standard InChI is InChI=1S/C13H17N3O/c1-7-6-10(17)15-13-11(7)8-4-2-3-5-9(8)12(14)16-13/h7H,2-6H2,1H3,(H3,14,15,16,17). The number of anilines is 2. The average molecular weight is 231 g/mol. The predicted octanol–water partition coefficient (Wildman–Crippen LogP) is 1.99. The van der Waals surface area contributed by atoms with Crippen molar-refractivity contribution in [1.29, 1.82) is 0 Å². The Kier molecular flexibility index (Phi) is 2.31. The second-order valence-corrected chi connectivity index (χ2v) is 5.08. The molecule has 1 amide bonds. The van der Waals surface area contributed by atoms with Crippen LogP contribution in [-0.4, -0.2) is 10.9 Å². The molecule has 2 heterocycles. The van der Waals surface area contributed by atoms with Crippen LogP contribution in [0.4, 0.5) is 11.6 Å². The average Bonchev–Trinajstić information content (AvgIpc) is 2.28. The number of pyridine rings is 1. The summed E-state index contributed by atoms with van der Waals surface area (Å²) in [5.41, 5.74) is 9.80. The van der Waals surface area contributed by atoms with E-state index in [9.17, 15) is 4.79 Å². The Morgan fingerprint density at radius 1 is 1.29 bits per heavy atom. The number of carbonyl (C=O) groups is 1. The van der Waals surface area contributed by atoms with Gasteiger partial charge in [0.25, 0.3) is 0 Å². The minimum atomic E-state index is 0.0488. The van der Waals surface area contributed by atoms with Gasteiger partial charge >= 0.3 is 0 Å². The van der Waals surface area contributed by atoms with Gasteiger partial charge in [0.1, 0.15) is 11.6 Å². The Morgan fingerprint density at radius 2 is 2.00 bits per heavy atom. The summed E-state index contributed by atoms with van der Waals surface area (Å²) in [7, 11) is 0. The fourth-order valence-corrected chi connectivity index (χ4v) is 3.07. The molecule has 3 rings (SSSR count). The maximum atomic E-state index is 11.5. The molecule has 1 unspecified atom stereocenters. The van der Waals surface area contributed by atoms with E-state index in [1.807, 2.05) is 0 Å². The van der Waals surface area contributed by atoms with Crippen LogP contribution in [-0.2, 0) is 17.6 Å². The van der Waals surface area contributed by atoms with Gasteiger partial charge in [-0.25, -0.2) is 4.98 Å². The van der Waals surface area contributed by atoms with Crippen LogP contribution in [0.1, 0.15) is 48.8 Å². The zero-order chi connectivity index (χ0) is 12.0. The Morgan fingerprint density at radius 3 is 2.76 bits per heavy atom. The first-order chi connectivity index (χ1) is 8.16. The van der Waals surface area contributed by atoms with E-state index < -0.39 is 0 Å². The maximum absolute atomic E-state index is 11.5. The number of nitrogen functional groups attached to an aromatic ring is 1. The Bertz CT molecular complexity index is 496. The van der Waals surface area contributed by atoms with E-state index in [0.717, 1.165) is 12.8 Å². The molecule has 0 spiro atoms. The molecule has 0 aromatic carbocycles. The minimum absolute atomic E-state index is 0.0488. The van der Waals surface area contributed by atoms with Crippen molar-refractivity contribution in [3.05, 3.63) is 16.7 Å². The first-order valence-electron chi connectivity index (χ1n) is 6.27. The topological polar surface area (TPSA) is 68.0 Å². The molecule has 1 atom stereocenters. The molecule has 1 aliphatic carbocycles. The summed E-state index contributed by atoms with van der Waals surface area (Å²) in [5, 5.41) is 2.85. The summed E-state index contributed by atoms with van der Waals surface area (Å²) in [6.07, 6.45) is 5.07. The van der Waals surface area contributed by atoms with Gasteiger partial charge in [-0.05, 0) is 42.7 Å². The largest absolute Gasteiger partial charge is 0.383 e. The number of aromatic nitrogens is 1. The van der Waals surface area contributed by atoms with E-state index in [-0.39, 0.29) is 11.8 Å². The Labute approximate surface area is 101 Å². The van der Waals surface area contributed by atoms with Crippen LogP contribution in [0.2, 0.25) is 0 Å². The van der Waals surface area contributed by atoms with Gasteiger partial charge < -0.3 is 11.1 Å². The number of nitrogens with two attached hydrogens (primary N) is 1. The van der Waals surface area contributed by atoms with Crippen LogP contribution >= 0.6 is 0 Å². The number of rotatable bonds is 0. The normalized spacial score (nSPS) is 22.6. The van der Waals surface area contributed by atoms with Gasteiger partial charge in [0.15, 0.2) is 0 Å². The molecule has 0 fully saturated rings. The number of hydrogen-bond acceptors (Lipinski definition) is 3. The van der Waals surface area contributed by atoms with Gasteiger partial charge in [-0.1, -0.05) is 6.92 Å². The van der Waals surface area contributed by atoms with Gasteiger partial charge in [-0.15, -0.1) is 0 Å². The lowest BCUT2D eigenvalue weighted by Crippen LogP contribution is -2.26. The highest BCUT2D eigenvalue weighted by molar-refractivity contribution is 5.94. The molecule has 1 aromatic rings. The lowest BCUT2D eigenvalue weighted by Gasteiger charge is -2.29. The molecule has 0 radical (unpaired) electrons. The van der Waals surface area contributed by atoms with E-state index in [1.165, 1.54) is 29.5 Å². The van der Waals surface area contributed by atoms with Gasteiger partial charge in [0.05, 0.1) is 0 Å². The van der Waals surface area contributed by atoms with Crippen molar-refractivity contribution in [2.45, 2.75) is 44.9 Å². The first kappa shape index (κ1) is 10.6. The number of amides is 1. The van der Waals surface area contributed by atoms with Crippen molar-refractivity contribution in [2.75, 3.05) is 11.1 Å².